The molecule has 0 bridgehead atoms. The van der Waals surface area contributed by atoms with E-state index in [1.54, 1.807) is 24.3 Å². The summed E-state index contributed by atoms with van der Waals surface area (Å²) in [5.41, 5.74) is 0.867. The first kappa shape index (κ1) is 12.8. The van der Waals surface area contributed by atoms with Gasteiger partial charge < -0.3 is 4.74 Å². The van der Waals surface area contributed by atoms with Gasteiger partial charge in [0.05, 0.1) is 17.1 Å². The van der Waals surface area contributed by atoms with E-state index in [0.717, 1.165) is 0 Å². The molecule has 0 aliphatic heterocycles. The Morgan fingerprint density at radius 3 is 2.50 bits per heavy atom. The van der Waals surface area contributed by atoms with E-state index in [1.807, 2.05) is 6.07 Å². The lowest BCUT2D eigenvalue weighted by atomic mass is 10.0. The van der Waals surface area contributed by atoms with Gasteiger partial charge in [-0.05, 0) is 22.0 Å². The highest BCUT2D eigenvalue weighted by atomic mass is 79.9. The third kappa shape index (κ3) is 2.43. The number of ether oxygens (including phenoxy) is 1. The van der Waals surface area contributed by atoms with Crippen molar-refractivity contribution in [2.24, 2.45) is 0 Å². The second kappa shape index (κ2) is 5.31. The molecule has 0 aromatic heterocycles. The van der Waals surface area contributed by atoms with Crippen molar-refractivity contribution in [1.29, 1.82) is 0 Å². The van der Waals surface area contributed by atoms with Crippen molar-refractivity contribution in [2.75, 3.05) is 7.11 Å². The Hall–Kier alpha value is -1.68. The summed E-state index contributed by atoms with van der Waals surface area (Å²) in [4.78, 5) is 12.3. The van der Waals surface area contributed by atoms with Gasteiger partial charge in [0.2, 0.25) is 0 Å². The molecule has 0 heterocycles. The van der Waals surface area contributed by atoms with Gasteiger partial charge in [0.1, 0.15) is 11.6 Å². The summed E-state index contributed by atoms with van der Waals surface area (Å²) in [5, 5.41) is 0. The van der Waals surface area contributed by atoms with E-state index in [-0.39, 0.29) is 16.0 Å². The van der Waals surface area contributed by atoms with Crippen LogP contribution in [0.25, 0.3) is 0 Å². The van der Waals surface area contributed by atoms with E-state index in [1.165, 1.54) is 19.2 Å². The van der Waals surface area contributed by atoms with Gasteiger partial charge in [-0.15, -0.1) is 0 Å². The molecule has 0 fully saturated rings. The largest absolute Gasteiger partial charge is 0.496 e. The SMILES string of the molecule is COc1cc(F)c(Br)cc1C(=O)c1ccccc1. The Morgan fingerprint density at radius 1 is 1.22 bits per heavy atom. The van der Waals surface area contributed by atoms with Gasteiger partial charge in [-0.3, -0.25) is 4.79 Å². The van der Waals surface area contributed by atoms with Crippen LogP contribution in [0.5, 0.6) is 5.75 Å². The number of hydrogen-bond donors (Lipinski definition) is 0. The predicted molar refractivity (Wildman–Crippen MR) is 70.5 cm³/mol. The molecule has 0 radical (unpaired) electrons. The second-order valence-electron chi connectivity index (χ2n) is 3.66. The predicted octanol–water partition coefficient (Wildman–Crippen LogP) is 3.83. The summed E-state index contributed by atoms with van der Waals surface area (Å²) in [7, 11) is 1.41. The monoisotopic (exact) mass is 308 g/mol. The molecule has 0 saturated carbocycles. The number of rotatable bonds is 3. The minimum Gasteiger partial charge on any atom is -0.496 e. The number of benzene rings is 2. The molecule has 2 aromatic rings. The van der Waals surface area contributed by atoms with Crippen LogP contribution in [0.3, 0.4) is 0 Å². The maximum atomic E-state index is 13.4. The minimum atomic E-state index is -0.462. The fraction of sp³-hybridized carbons (Fsp3) is 0.0714. The zero-order valence-corrected chi connectivity index (χ0v) is 11.2. The van der Waals surface area contributed by atoms with Crippen molar-refractivity contribution in [3.8, 4) is 5.75 Å². The number of carbonyl (C=O) groups excluding carboxylic acids is 1. The molecule has 0 aliphatic carbocycles. The summed E-state index contributed by atoms with van der Waals surface area (Å²) >= 11 is 3.07. The average Bonchev–Trinajstić information content (AvgIpc) is 2.41. The number of carbonyl (C=O) groups is 1. The first-order valence-corrected chi connectivity index (χ1v) is 6.05. The Morgan fingerprint density at radius 2 is 1.89 bits per heavy atom. The van der Waals surface area contributed by atoms with Gasteiger partial charge in [0.25, 0.3) is 0 Å². The number of halogens is 2. The zero-order chi connectivity index (χ0) is 13.1. The zero-order valence-electron chi connectivity index (χ0n) is 9.61. The Labute approximate surface area is 113 Å². The van der Waals surface area contributed by atoms with Crippen molar-refractivity contribution >= 4 is 21.7 Å². The standard InChI is InChI=1S/C14H10BrFO2/c1-18-13-8-12(16)11(15)7-10(13)14(17)9-5-3-2-4-6-9/h2-8H,1H3. The van der Waals surface area contributed by atoms with E-state index in [9.17, 15) is 9.18 Å². The molecule has 0 aliphatic rings. The Bertz CT molecular complexity index is 582. The van der Waals surface area contributed by atoms with Crippen LogP contribution in [0.15, 0.2) is 46.9 Å². The second-order valence-corrected chi connectivity index (χ2v) is 4.52. The maximum absolute atomic E-state index is 13.4. The topological polar surface area (TPSA) is 26.3 Å². The third-order valence-electron chi connectivity index (χ3n) is 2.52. The number of methoxy groups -OCH3 is 1. The third-order valence-corrected chi connectivity index (χ3v) is 3.13. The molecule has 92 valence electrons. The summed E-state index contributed by atoms with van der Waals surface area (Å²) in [6, 6.07) is 11.4. The van der Waals surface area contributed by atoms with Crippen molar-refractivity contribution < 1.29 is 13.9 Å². The van der Waals surface area contributed by atoms with Crippen LogP contribution in [0.2, 0.25) is 0 Å². The fourth-order valence-corrected chi connectivity index (χ4v) is 1.96. The molecule has 0 saturated heterocycles. The van der Waals surface area contributed by atoms with Crippen LogP contribution in [0.1, 0.15) is 15.9 Å². The smallest absolute Gasteiger partial charge is 0.196 e. The van der Waals surface area contributed by atoms with Crippen LogP contribution in [-0.4, -0.2) is 12.9 Å². The van der Waals surface area contributed by atoms with Gasteiger partial charge in [0, 0.05) is 11.6 Å². The molecule has 0 atom stereocenters. The van der Waals surface area contributed by atoms with E-state index < -0.39 is 5.82 Å². The number of hydrogen-bond acceptors (Lipinski definition) is 2. The summed E-state index contributed by atoms with van der Waals surface area (Å²) in [6.45, 7) is 0. The fourth-order valence-electron chi connectivity index (χ4n) is 1.62. The van der Waals surface area contributed by atoms with Crippen LogP contribution in [-0.2, 0) is 0 Å². The lowest BCUT2D eigenvalue weighted by Crippen LogP contribution is -2.04. The average molecular weight is 309 g/mol. The highest BCUT2D eigenvalue weighted by molar-refractivity contribution is 9.10. The van der Waals surface area contributed by atoms with Crippen LogP contribution < -0.4 is 4.74 Å². The lowest BCUT2D eigenvalue weighted by Gasteiger charge is -2.09. The van der Waals surface area contributed by atoms with E-state index in [0.29, 0.717) is 11.1 Å². The minimum absolute atomic E-state index is 0.201. The molecule has 2 nitrogen and oxygen atoms in total. The molecule has 2 rings (SSSR count). The van der Waals surface area contributed by atoms with Crippen LogP contribution >= 0.6 is 15.9 Å². The Kier molecular flexibility index (Phi) is 3.77. The van der Waals surface area contributed by atoms with Gasteiger partial charge in [-0.2, -0.15) is 0 Å². The van der Waals surface area contributed by atoms with Gasteiger partial charge in [-0.25, -0.2) is 4.39 Å². The summed E-state index contributed by atoms with van der Waals surface area (Å²) in [5.74, 6) is -0.436. The maximum Gasteiger partial charge on any atom is 0.196 e. The molecule has 0 N–H and O–H groups in total. The molecule has 18 heavy (non-hydrogen) atoms. The van der Waals surface area contributed by atoms with Crippen molar-refractivity contribution in [1.82, 2.24) is 0 Å². The van der Waals surface area contributed by atoms with Gasteiger partial charge >= 0.3 is 0 Å². The van der Waals surface area contributed by atoms with Crippen molar-refractivity contribution in [3.63, 3.8) is 0 Å². The van der Waals surface area contributed by atoms with Gasteiger partial charge in [0.15, 0.2) is 5.78 Å². The normalized spacial score (nSPS) is 10.2. The van der Waals surface area contributed by atoms with E-state index in [4.69, 9.17) is 4.74 Å². The highest BCUT2D eigenvalue weighted by Gasteiger charge is 2.17. The number of ketones is 1. The summed E-state index contributed by atoms with van der Waals surface area (Å²) in [6.07, 6.45) is 0. The lowest BCUT2D eigenvalue weighted by molar-refractivity contribution is 0.103. The van der Waals surface area contributed by atoms with Crippen molar-refractivity contribution in [3.05, 3.63) is 63.9 Å². The molecule has 0 unspecified atom stereocenters. The molecule has 2 aromatic carbocycles. The van der Waals surface area contributed by atoms with E-state index in [2.05, 4.69) is 15.9 Å². The quantitative estimate of drug-likeness (QED) is 0.806. The first-order valence-electron chi connectivity index (χ1n) is 5.26. The first-order chi connectivity index (χ1) is 8.63. The van der Waals surface area contributed by atoms with Crippen molar-refractivity contribution in [2.45, 2.75) is 0 Å². The molecule has 0 amide bonds. The van der Waals surface area contributed by atoms with Crippen LogP contribution in [0.4, 0.5) is 4.39 Å². The molecule has 4 heteroatoms. The highest BCUT2D eigenvalue weighted by Crippen LogP contribution is 2.28. The summed E-state index contributed by atoms with van der Waals surface area (Å²) < 4.78 is 18.7. The molecule has 0 spiro atoms. The molecular formula is C14H10BrFO2. The Balaban J connectivity index is 2.51. The van der Waals surface area contributed by atoms with E-state index >= 15 is 0 Å². The van der Waals surface area contributed by atoms with Gasteiger partial charge in [-0.1, -0.05) is 30.3 Å². The van der Waals surface area contributed by atoms with Crippen LogP contribution in [0, 0.1) is 5.82 Å². The molecular weight excluding hydrogens is 299 g/mol.